The number of nitrogens with zero attached hydrogens (tertiary/aromatic N) is 1. The first-order valence-corrected chi connectivity index (χ1v) is 4.80. The molecule has 0 aromatic heterocycles. The van der Waals surface area contributed by atoms with Crippen LogP contribution in [0.3, 0.4) is 0 Å². The Balaban J connectivity index is 2.72. The van der Waals surface area contributed by atoms with E-state index in [0.717, 1.165) is 30.9 Å². The summed E-state index contributed by atoms with van der Waals surface area (Å²) in [6.45, 7) is 3.66. The van der Waals surface area contributed by atoms with E-state index in [1.165, 1.54) is 7.05 Å². The smallest absolute Gasteiger partial charge is 0.253 e. The van der Waals surface area contributed by atoms with Crippen molar-refractivity contribution in [2.45, 2.75) is 26.2 Å². The van der Waals surface area contributed by atoms with E-state index in [4.69, 9.17) is 5.21 Å². The number of hydroxylamine groups is 2. The second-order valence-corrected chi connectivity index (χ2v) is 3.74. The Morgan fingerprint density at radius 2 is 2.38 bits per heavy atom. The van der Waals surface area contributed by atoms with Gasteiger partial charge < -0.3 is 5.32 Å². The number of rotatable bonds is 2. The van der Waals surface area contributed by atoms with Gasteiger partial charge in [0.2, 0.25) is 0 Å². The van der Waals surface area contributed by atoms with E-state index >= 15 is 0 Å². The van der Waals surface area contributed by atoms with Gasteiger partial charge >= 0.3 is 0 Å². The maximum atomic E-state index is 11.7. The molecule has 1 amide bonds. The van der Waals surface area contributed by atoms with Crippen LogP contribution < -0.4 is 5.32 Å². The molecule has 0 saturated carbocycles. The van der Waals surface area contributed by atoms with Gasteiger partial charge in [0.1, 0.15) is 0 Å². The van der Waals surface area contributed by atoms with Crippen molar-refractivity contribution in [1.29, 1.82) is 0 Å². The quantitative estimate of drug-likeness (QED) is 0.491. The normalized spacial score (nSPS) is 28.5. The lowest BCUT2D eigenvalue weighted by Gasteiger charge is -2.36. The summed E-state index contributed by atoms with van der Waals surface area (Å²) in [5.41, 5.74) is -0.373. The van der Waals surface area contributed by atoms with Gasteiger partial charge in [-0.2, -0.15) is 0 Å². The van der Waals surface area contributed by atoms with E-state index in [9.17, 15) is 4.79 Å². The van der Waals surface area contributed by atoms with E-state index in [1.54, 1.807) is 0 Å². The van der Waals surface area contributed by atoms with E-state index in [1.807, 2.05) is 6.92 Å². The molecule has 0 spiro atoms. The van der Waals surface area contributed by atoms with Crippen molar-refractivity contribution in [3.63, 3.8) is 0 Å². The molecule has 0 aromatic carbocycles. The first-order valence-electron chi connectivity index (χ1n) is 4.80. The average molecular weight is 186 g/mol. The summed E-state index contributed by atoms with van der Waals surface area (Å²) in [4.78, 5) is 11.7. The molecule has 4 nitrogen and oxygen atoms in total. The molecule has 1 unspecified atom stereocenters. The third kappa shape index (κ3) is 2.00. The monoisotopic (exact) mass is 186 g/mol. The fourth-order valence-corrected chi connectivity index (χ4v) is 1.95. The SMILES string of the molecule is CCC1(C(=O)N(C)O)CCCNC1. The molecule has 4 heteroatoms. The number of carbonyl (C=O) groups excluding carboxylic acids is 1. The highest BCUT2D eigenvalue weighted by molar-refractivity contribution is 5.81. The summed E-state index contributed by atoms with van der Waals surface area (Å²) >= 11 is 0. The van der Waals surface area contributed by atoms with Crippen LogP contribution in [0, 0.1) is 5.41 Å². The molecule has 1 heterocycles. The summed E-state index contributed by atoms with van der Waals surface area (Å²) in [5.74, 6) is -0.165. The third-order valence-corrected chi connectivity index (χ3v) is 2.90. The molecule has 1 saturated heterocycles. The van der Waals surface area contributed by atoms with Gasteiger partial charge in [-0.3, -0.25) is 10.0 Å². The highest BCUT2D eigenvalue weighted by Crippen LogP contribution is 2.31. The lowest BCUT2D eigenvalue weighted by atomic mass is 9.77. The van der Waals surface area contributed by atoms with Gasteiger partial charge in [0.25, 0.3) is 5.91 Å². The van der Waals surface area contributed by atoms with Crippen molar-refractivity contribution < 1.29 is 10.0 Å². The van der Waals surface area contributed by atoms with Crippen molar-refractivity contribution in [3.05, 3.63) is 0 Å². The fourth-order valence-electron chi connectivity index (χ4n) is 1.95. The third-order valence-electron chi connectivity index (χ3n) is 2.90. The highest BCUT2D eigenvalue weighted by atomic mass is 16.5. The van der Waals surface area contributed by atoms with Gasteiger partial charge in [0.15, 0.2) is 0 Å². The van der Waals surface area contributed by atoms with Crippen molar-refractivity contribution >= 4 is 5.91 Å². The first kappa shape index (κ1) is 10.5. The summed E-state index contributed by atoms with van der Waals surface area (Å²) in [6.07, 6.45) is 2.66. The topological polar surface area (TPSA) is 52.6 Å². The van der Waals surface area contributed by atoms with Gasteiger partial charge in [-0.05, 0) is 25.8 Å². The molecule has 1 aliphatic heterocycles. The Morgan fingerprint density at radius 3 is 2.77 bits per heavy atom. The molecule has 76 valence electrons. The molecule has 0 radical (unpaired) electrons. The van der Waals surface area contributed by atoms with Crippen LogP contribution in [-0.2, 0) is 4.79 Å². The molecule has 0 aromatic rings. The van der Waals surface area contributed by atoms with Gasteiger partial charge in [0, 0.05) is 13.6 Å². The molecule has 2 N–H and O–H groups in total. The van der Waals surface area contributed by atoms with Crippen LogP contribution in [-0.4, -0.2) is 36.3 Å². The molecule has 1 atom stereocenters. The van der Waals surface area contributed by atoms with Crippen molar-refractivity contribution in [2.24, 2.45) is 5.41 Å². The Hall–Kier alpha value is -0.610. The Bertz CT molecular complexity index is 186. The maximum Gasteiger partial charge on any atom is 0.253 e. The Labute approximate surface area is 78.9 Å². The minimum atomic E-state index is -0.373. The molecule has 1 fully saturated rings. The van der Waals surface area contributed by atoms with Gasteiger partial charge in [0.05, 0.1) is 5.41 Å². The molecule has 0 aliphatic carbocycles. The van der Waals surface area contributed by atoms with E-state index < -0.39 is 0 Å². The minimum absolute atomic E-state index is 0.165. The largest absolute Gasteiger partial charge is 0.316 e. The summed E-state index contributed by atoms with van der Waals surface area (Å²) < 4.78 is 0. The second kappa shape index (κ2) is 4.07. The summed E-state index contributed by atoms with van der Waals surface area (Å²) in [7, 11) is 1.40. The first-order chi connectivity index (χ1) is 6.12. The van der Waals surface area contributed by atoms with Crippen LogP contribution >= 0.6 is 0 Å². The minimum Gasteiger partial charge on any atom is -0.316 e. The number of amides is 1. The molecular weight excluding hydrogens is 168 g/mol. The zero-order valence-electron chi connectivity index (χ0n) is 8.34. The standard InChI is InChI=1S/C9H18N2O2/c1-3-9(8(12)11(2)13)5-4-6-10-7-9/h10,13H,3-7H2,1-2H3. The van der Waals surface area contributed by atoms with Gasteiger partial charge in [-0.25, -0.2) is 5.06 Å². The molecule has 1 rings (SSSR count). The van der Waals surface area contributed by atoms with Crippen molar-refractivity contribution in [2.75, 3.05) is 20.1 Å². The molecule has 13 heavy (non-hydrogen) atoms. The van der Waals surface area contributed by atoms with Crippen LogP contribution in [0.25, 0.3) is 0 Å². The fraction of sp³-hybridized carbons (Fsp3) is 0.889. The Morgan fingerprint density at radius 1 is 1.69 bits per heavy atom. The van der Waals surface area contributed by atoms with Crippen LogP contribution in [0.15, 0.2) is 0 Å². The molecule has 0 bridgehead atoms. The van der Waals surface area contributed by atoms with Gasteiger partial charge in [-0.15, -0.1) is 0 Å². The molecular formula is C9H18N2O2. The van der Waals surface area contributed by atoms with E-state index in [-0.39, 0.29) is 11.3 Å². The van der Waals surface area contributed by atoms with Crippen LogP contribution in [0.4, 0.5) is 0 Å². The predicted molar refractivity (Wildman–Crippen MR) is 49.4 cm³/mol. The average Bonchev–Trinajstić information content (AvgIpc) is 2.17. The van der Waals surface area contributed by atoms with E-state index in [2.05, 4.69) is 5.32 Å². The molecule has 1 aliphatic rings. The van der Waals surface area contributed by atoms with Crippen LogP contribution in [0.5, 0.6) is 0 Å². The number of hydrogen-bond acceptors (Lipinski definition) is 3. The lowest BCUT2D eigenvalue weighted by Crippen LogP contribution is -2.49. The highest BCUT2D eigenvalue weighted by Gasteiger charge is 2.39. The van der Waals surface area contributed by atoms with Crippen molar-refractivity contribution in [3.8, 4) is 0 Å². The Kier molecular flexibility index (Phi) is 3.27. The van der Waals surface area contributed by atoms with E-state index in [0.29, 0.717) is 6.54 Å². The number of nitrogens with one attached hydrogen (secondary N) is 1. The van der Waals surface area contributed by atoms with Crippen LogP contribution in [0.2, 0.25) is 0 Å². The number of piperidine rings is 1. The predicted octanol–water partition coefficient (Wildman–Crippen LogP) is 0.614. The zero-order valence-corrected chi connectivity index (χ0v) is 8.34. The summed E-state index contributed by atoms with van der Waals surface area (Å²) in [6, 6.07) is 0. The maximum absolute atomic E-state index is 11.7. The second-order valence-electron chi connectivity index (χ2n) is 3.74. The number of hydrogen-bond donors (Lipinski definition) is 2. The van der Waals surface area contributed by atoms with Crippen molar-refractivity contribution in [1.82, 2.24) is 10.4 Å². The lowest BCUT2D eigenvalue weighted by molar-refractivity contribution is -0.172. The van der Waals surface area contributed by atoms with Gasteiger partial charge in [-0.1, -0.05) is 6.92 Å². The zero-order chi connectivity index (χ0) is 9.90. The number of carbonyl (C=O) groups is 1. The summed E-state index contributed by atoms with van der Waals surface area (Å²) in [5, 5.41) is 13.0. The van der Waals surface area contributed by atoms with Crippen LogP contribution in [0.1, 0.15) is 26.2 Å².